The summed E-state index contributed by atoms with van der Waals surface area (Å²) in [6, 6.07) is 9.51. The molecule has 11 heteroatoms. The van der Waals surface area contributed by atoms with Gasteiger partial charge in [-0.05, 0) is 53.7 Å². The van der Waals surface area contributed by atoms with Crippen molar-refractivity contribution < 1.29 is 19.8 Å². The number of pyridine rings is 1. The van der Waals surface area contributed by atoms with Crippen LogP contribution in [0.5, 0.6) is 0 Å². The number of aliphatic hydroxyl groups is 2. The molecular formula is C29H38BN5O4S. The smallest absolute Gasteiger partial charge is 0.243 e. The van der Waals surface area contributed by atoms with E-state index in [1.807, 2.05) is 72.2 Å². The van der Waals surface area contributed by atoms with E-state index in [0.717, 1.165) is 27.3 Å². The number of thiazole rings is 1. The highest BCUT2D eigenvalue weighted by molar-refractivity contribution is 7.13. The van der Waals surface area contributed by atoms with Crippen LogP contribution in [0.15, 0.2) is 48.1 Å². The van der Waals surface area contributed by atoms with Crippen LogP contribution in [0, 0.1) is 12.3 Å². The van der Waals surface area contributed by atoms with Crippen LogP contribution in [0.2, 0.25) is 0 Å². The van der Waals surface area contributed by atoms with E-state index in [9.17, 15) is 19.8 Å². The van der Waals surface area contributed by atoms with Gasteiger partial charge in [0.25, 0.3) is 0 Å². The first kappa shape index (κ1) is 29.9. The van der Waals surface area contributed by atoms with Crippen LogP contribution in [-0.2, 0) is 9.59 Å². The van der Waals surface area contributed by atoms with Crippen molar-refractivity contribution in [2.45, 2.75) is 71.5 Å². The number of aliphatic hydroxyl groups excluding tert-OH is 2. The van der Waals surface area contributed by atoms with E-state index < -0.39 is 29.8 Å². The zero-order valence-corrected chi connectivity index (χ0v) is 24.7. The predicted octanol–water partition coefficient (Wildman–Crippen LogP) is 1.61. The molecule has 0 spiro atoms. The van der Waals surface area contributed by atoms with Crippen LogP contribution in [0.25, 0.3) is 10.4 Å². The fraction of sp³-hybridized carbons (Fsp3) is 0.448. The Morgan fingerprint density at radius 2 is 1.85 bits per heavy atom. The second kappa shape index (κ2) is 12.2. The Morgan fingerprint density at radius 1 is 1.15 bits per heavy atom. The van der Waals surface area contributed by atoms with Gasteiger partial charge >= 0.3 is 0 Å². The van der Waals surface area contributed by atoms with E-state index in [1.165, 1.54) is 4.90 Å². The highest BCUT2D eigenvalue weighted by Gasteiger charge is 2.44. The van der Waals surface area contributed by atoms with Crippen LogP contribution in [-0.4, -0.2) is 69.5 Å². The first-order valence-electron chi connectivity index (χ1n) is 13.5. The topological polar surface area (TPSA) is 128 Å². The van der Waals surface area contributed by atoms with E-state index in [4.69, 9.17) is 0 Å². The Labute approximate surface area is 240 Å². The molecule has 0 radical (unpaired) electrons. The number of hydrogen-bond acceptors (Lipinski definition) is 8. The van der Waals surface area contributed by atoms with Gasteiger partial charge in [0.2, 0.25) is 11.8 Å². The molecule has 2 amide bonds. The summed E-state index contributed by atoms with van der Waals surface area (Å²) in [5, 5.41) is 27.5. The number of benzene rings is 1. The molecule has 9 nitrogen and oxygen atoms in total. The number of aryl methyl sites for hydroxylation is 1. The van der Waals surface area contributed by atoms with Gasteiger partial charge in [-0.2, -0.15) is 0 Å². The standard InChI is InChI=1S/C29H38BN5O4S/c1-16(18-6-8-19(9-7-18)24-17(2)32-15-40-24)33-27(38)22-13-21(36)14-35(22)28(39)25(29(3,4)5)34-26(37)20-10-11-31-23(30)12-20/h6-12,15-16,21-22,25-26,34,36-37H,13-14,30H2,1-5H3,(H,33,38)/t16-,21+,22-,25+,26?/m0/s1. The first-order valence-corrected chi connectivity index (χ1v) is 14.4. The van der Waals surface area contributed by atoms with Gasteiger partial charge in [-0.3, -0.25) is 19.9 Å². The fourth-order valence-corrected chi connectivity index (χ4v) is 5.86. The van der Waals surface area contributed by atoms with Gasteiger partial charge in [0.15, 0.2) is 7.85 Å². The van der Waals surface area contributed by atoms with Gasteiger partial charge < -0.3 is 20.4 Å². The lowest BCUT2D eigenvalue weighted by Gasteiger charge is -2.37. The molecule has 4 rings (SSSR count). The highest BCUT2D eigenvalue weighted by atomic mass is 32.1. The van der Waals surface area contributed by atoms with Crippen LogP contribution in [0.4, 0.5) is 0 Å². The molecule has 2 aromatic heterocycles. The highest BCUT2D eigenvalue weighted by Crippen LogP contribution is 2.30. The molecule has 1 fully saturated rings. The largest absolute Gasteiger partial charge is 0.391 e. The van der Waals surface area contributed by atoms with Gasteiger partial charge in [-0.15, -0.1) is 11.3 Å². The molecule has 0 bridgehead atoms. The average molecular weight is 564 g/mol. The van der Waals surface area contributed by atoms with Crippen molar-refractivity contribution in [3.63, 3.8) is 0 Å². The molecule has 1 aliphatic heterocycles. The van der Waals surface area contributed by atoms with Gasteiger partial charge in [0.05, 0.1) is 34.3 Å². The number of hydrogen-bond donors (Lipinski definition) is 4. The van der Waals surface area contributed by atoms with Crippen molar-refractivity contribution in [3.8, 4) is 10.4 Å². The first-order chi connectivity index (χ1) is 18.8. The van der Waals surface area contributed by atoms with E-state index in [2.05, 4.69) is 20.6 Å². The zero-order chi connectivity index (χ0) is 29.2. The Balaban J connectivity index is 1.47. The Kier molecular flexibility index (Phi) is 9.09. The third kappa shape index (κ3) is 6.78. The molecule has 212 valence electrons. The lowest BCUT2D eigenvalue weighted by molar-refractivity contribution is -0.143. The third-order valence-corrected chi connectivity index (χ3v) is 8.29. The summed E-state index contributed by atoms with van der Waals surface area (Å²) < 4.78 is 0. The summed E-state index contributed by atoms with van der Waals surface area (Å²) in [5.74, 6) is -0.663. The maximum atomic E-state index is 13.9. The van der Waals surface area contributed by atoms with E-state index >= 15 is 0 Å². The van der Waals surface area contributed by atoms with Gasteiger partial charge in [-0.25, -0.2) is 4.98 Å². The number of aromatic nitrogens is 2. The molecule has 0 saturated carbocycles. The maximum Gasteiger partial charge on any atom is 0.243 e. The number of carbonyl (C=O) groups is 2. The van der Waals surface area contributed by atoms with Gasteiger partial charge in [-0.1, -0.05) is 45.0 Å². The summed E-state index contributed by atoms with van der Waals surface area (Å²) in [6.07, 6.45) is -0.163. The number of nitrogens with zero attached hydrogens (tertiary/aromatic N) is 3. The molecule has 1 unspecified atom stereocenters. The summed E-state index contributed by atoms with van der Waals surface area (Å²) in [7, 11) is 1.83. The SMILES string of the molecule is Bc1cc(C(O)N[C@H](C(=O)N2C[C@H](O)C[C@H]2C(=O)N[C@@H](C)c2ccc(-c3scnc3C)cc2)C(C)(C)C)ccn1. The van der Waals surface area contributed by atoms with Crippen LogP contribution in [0.1, 0.15) is 63.2 Å². The number of amides is 2. The van der Waals surface area contributed by atoms with Gasteiger partial charge in [0, 0.05) is 19.2 Å². The molecule has 40 heavy (non-hydrogen) atoms. The van der Waals surface area contributed by atoms with Crippen molar-refractivity contribution in [1.82, 2.24) is 25.5 Å². The lowest BCUT2D eigenvalue weighted by atomic mass is 9.85. The van der Waals surface area contributed by atoms with E-state index in [1.54, 1.807) is 29.7 Å². The molecule has 0 aliphatic carbocycles. The minimum atomic E-state index is -1.11. The second-order valence-electron chi connectivity index (χ2n) is 11.6. The van der Waals surface area contributed by atoms with Gasteiger partial charge in [0.1, 0.15) is 12.3 Å². The molecule has 5 atom stereocenters. The normalized spacial score (nSPS) is 19.7. The van der Waals surface area contributed by atoms with Crippen LogP contribution >= 0.6 is 11.3 Å². The molecule has 3 aromatic rings. The molecule has 1 aromatic carbocycles. The third-order valence-electron chi connectivity index (χ3n) is 7.32. The fourth-order valence-electron chi connectivity index (χ4n) is 5.05. The number of likely N-dealkylation sites (tertiary alicyclic amines) is 1. The quantitative estimate of drug-likeness (QED) is 0.242. The zero-order valence-electron chi connectivity index (χ0n) is 23.9. The Bertz CT molecular complexity index is 1340. The number of carbonyl (C=O) groups excluding carboxylic acids is 2. The lowest BCUT2D eigenvalue weighted by Crippen LogP contribution is -2.57. The minimum Gasteiger partial charge on any atom is -0.391 e. The predicted molar refractivity (Wildman–Crippen MR) is 159 cm³/mol. The Morgan fingerprint density at radius 3 is 2.45 bits per heavy atom. The number of rotatable bonds is 8. The van der Waals surface area contributed by atoms with Crippen molar-refractivity contribution in [3.05, 3.63) is 64.9 Å². The van der Waals surface area contributed by atoms with E-state index in [-0.39, 0.29) is 30.8 Å². The summed E-state index contributed by atoms with van der Waals surface area (Å²) in [6.45, 7) is 9.62. The van der Waals surface area contributed by atoms with Crippen LogP contribution in [0.3, 0.4) is 0 Å². The molecule has 1 saturated heterocycles. The average Bonchev–Trinajstić information content (AvgIpc) is 3.51. The van der Waals surface area contributed by atoms with Crippen molar-refractivity contribution in [1.29, 1.82) is 0 Å². The molecule has 3 heterocycles. The van der Waals surface area contributed by atoms with E-state index in [0.29, 0.717) is 5.56 Å². The molecule has 4 N–H and O–H groups in total. The Hall–Kier alpha value is -3.12. The molecular weight excluding hydrogens is 525 g/mol. The summed E-state index contributed by atoms with van der Waals surface area (Å²) in [5.41, 5.74) is 5.57. The van der Waals surface area contributed by atoms with Crippen molar-refractivity contribution in [2.75, 3.05) is 6.54 Å². The summed E-state index contributed by atoms with van der Waals surface area (Å²) >= 11 is 1.59. The number of nitrogens with one attached hydrogen (secondary N) is 2. The second-order valence-corrected chi connectivity index (χ2v) is 12.5. The van der Waals surface area contributed by atoms with Crippen LogP contribution < -0.4 is 16.2 Å². The number of β-amino-alcohol motifs (C(OH)–C–C–N with tert-alkyl or cyclic N) is 1. The minimum absolute atomic E-state index is 0.0485. The molecule has 1 aliphatic rings. The maximum absolute atomic E-state index is 13.9. The van der Waals surface area contributed by atoms with Crippen molar-refractivity contribution in [2.24, 2.45) is 5.41 Å². The van der Waals surface area contributed by atoms with Crippen molar-refractivity contribution >= 4 is 36.6 Å². The summed E-state index contributed by atoms with van der Waals surface area (Å²) in [4.78, 5) is 38.3. The monoisotopic (exact) mass is 563 g/mol.